The summed E-state index contributed by atoms with van der Waals surface area (Å²) in [6.07, 6.45) is 0. The summed E-state index contributed by atoms with van der Waals surface area (Å²) in [5.74, 6) is 0.00699. The zero-order valence-corrected chi connectivity index (χ0v) is 15.1. The second-order valence-electron chi connectivity index (χ2n) is 6.98. The number of hydrogen-bond donors (Lipinski definition) is 0. The second-order valence-corrected chi connectivity index (χ2v) is 6.98. The van der Waals surface area contributed by atoms with E-state index in [4.69, 9.17) is 4.74 Å². The fourth-order valence-electron chi connectivity index (χ4n) is 3.77. The zero-order valence-electron chi connectivity index (χ0n) is 15.1. The van der Waals surface area contributed by atoms with Crippen molar-refractivity contribution in [1.29, 1.82) is 0 Å². The Morgan fingerprint density at radius 3 is 2.36 bits per heavy atom. The Balaban J connectivity index is 1.78. The highest BCUT2D eigenvalue weighted by Gasteiger charge is 2.42. The third-order valence-electron chi connectivity index (χ3n) is 5.30. The highest BCUT2D eigenvalue weighted by atomic mass is 16.5. The van der Waals surface area contributed by atoms with Gasteiger partial charge in [-0.3, -0.25) is 9.59 Å². The fraction of sp³-hybridized carbons (Fsp3) is 0.579. The molecule has 136 valence electrons. The van der Waals surface area contributed by atoms with E-state index in [1.807, 2.05) is 23.1 Å². The Bertz CT molecular complexity index is 599. The monoisotopic (exact) mass is 345 g/mol. The Labute approximate surface area is 149 Å². The highest BCUT2D eigenvalue weighted by Crippen LogP contribution is 2.34. The van der Waals surface area contributed by atoms with Crippen LogP contribution in [0.25, 0.3) is 0 Å². The van der Waals surface area contributed by atoms with Gasteiger partial charge in [0, 0.05) is 52.3 Å². The summed E-state index contributed by atoms with van der Waals surface area (Å²) in [7, 11) is 3.60. The lowest BCUT2D eigenvalue weighted by atomic mass is 9.88. The quantitative estimate of drug-likeness (QED) is 0.804. The van der Waals surface area contributed by atoms with E-state index in [0.717, 1.165) is 31.7 Å². The first kappa shape index (κ1) is 17.9. The molecule has 2 amide bonds. The summed E-state index contributed by atoms with van der Waals surface area (Å²) in [6.45, 7) is 4.46. The molecule has 2 fully saturated rings. The molecule has 25 heavy (non-hydrogen) atoms. The maximum atomic E-state index is 13.2. The summed E-state index contributed by atoms with van der Waals surface area (Å²) in [5.41, 5.74) is 1.13. The molecule has 1 aromatic carbocycles. The Kier molecular flexibility index (Phi) is 5.71. The molecule has 3 rings (SSSR count). The summed E-state index contributed by atoms with van der Waals surface area (Å²) in [5, 5.41) is 0. The van der Waals surface area contributed by atoms with E-state index in [9.17, 15) is 9.59 Å². The van der Waals surface area contributed by atoms with Gasteiger partial charge in [0.05, 0.1) is 5.92 Å². The molecular formula is C19H27N3O3. The normalized spacial score (nSPS) is 24.6. The van der Waals surface area contributed by atoms with Crippen LogP contribution in [-0.4, -0.2) is 86.5 Å². The number of likely N-dealkylation sites (N-methyl/N-ethyl adjacent to an activating group) is 1. The van der Waals surface area contributed by atoms with E-state index in [0.29, 0.717) is 13.1 Å². The van der Waals surface area contributed by atoms with Crippen molar-refractivity contribution in [3.8, 4) is 0 Å². The number of likely N-dealkylation sites (tertiary alicyclic amines) is 1. The van der Waals surface area contributed by atoms with Crippen LogP contribution in [0.4, 0.5) is 0 Å². The van der Waals surface area contributed by atoms with E-state index >= 15 is 0 Å². The maximum Gasteiger partial charge on any atom is 0.248 e. The number of benzene rings is 1. The molecule has 2 aliphatic rings. The SMILES string of the molecule is COCC(=O)N1C[C@H](C(=O)N2CCN(C)CC2)[C@@H](c2ccccc2)C1. The Morgan fingerprint density at radius 1 is 1.04 bits per heavy atom. The minimum absolute atomic E-state index is 0.0443. The van der Waals surface area contributed by atoms with Crippen molar-refractivity contribution >= 4 is 11.8 Å². The number of amides is 2. The van der Waals surface area contributed by atoms with Crippen LogP contribution in [0.5, 0.6) is 0 Å². The third kappa shape index (κ3) is 4.02. The highest BCUT2D eigenvalue weighted by molar-refractivity contribution is 5.84. The smallest absolute Gasteiger partial charge is 0.248 e. The van der Waals surface area contributed by atoms with Gasteiger partial charge < -0.3 is 19.4 Å². The van der Waals surface area contributed by atoms with Crippen molar-refractivity contribution in [1.82, 2.24) is 14.7 Å². The third-order valence-corrected chi connectivity index (χ3v) is 5.30. The lowest BCUT2D eigenvalue weighted by Crippen LogP contribution is -2.50. The molecule has 0 saturated carbocycles. The van der Waals surface area contributed by atoms with Crippen molar-refractivity contribution in [3.63, 3.8) is 0 Å². The predicted octanol–water partition coefficient (Wildman–Crippen LogP) is 0.649. The van der Waals surface area contributed by atoms with Crippen LogP contribution < -0.4 is 0 Å². The van der Waals surface area contributed by atoms with Gasteiger partial charge in [-0.05, 0) is 12.6 Å². The first-order valence-electron chi connectivity index (χ1n) is 8.89. The fourth-order valence-corrected chi connectivity index (χ4v) is 3.77. The van der Waals surface area contributed by atoms with Gasteiger partial charge in [0.15, 0.2) is 0 Å². The number of piperazine rings is 1. The molecule has 0 N–H and O–H groups in total. The molecule has 0 spiro atoms. The number of carbonyl (C=O) groups excluding carboxylic acids is 2. The number of hydrogen-bond acceptors (Lipinski definition) is 4. The van der Waals surface area contributed by atoms with Gasteiger partial charge in [-0.15, -0.1) is 0 Å². The molecule has 2 aliphatic heterocycles. The van der Waals surface area contributed by atoms with E-state index < -0.39 is 0 Å². The number of methoxy groups -OCH3 is 1. The van der Waals surface area contributed by atoms with E-state index in [-0.39, 0.29) is 30.3 Å². The summed E-state index contributed by atoms with van der Waals surface area (Å²) in [4.78, 5) is 31.4. The van der Waals surface area contributed by atoms with Gasteiger partial charge in [-0.25, -0.2) is 0 Å². The molecule has 0 bridgehead atoms. The second kappa shape index (κ2) is 7.97. The first-order chi connectivity index (χ1) is 12.1. The minimum Gasteiger partial charge on any atom is -0.375 e. The van der Waals surface area contributed by atoms with Crippen molar-refractivity contribution in [2.75, 3.05) is 60.0 Å². The van der Waals surface area contributed by atoms with Gasteiger partial charge in [0.1, 0.15) is 6.61 Å². The van der Waals surface area contributed by atoms with E-state index in [1.54, 1.807) is 4.90 Å². The number of carbonyl (C=O) groups is 2. The van der Waals surface area contributed by atoms with Gasteiger partial charge in [-0.1, -0.05) is 30.3 Å². The average Bonchev–Trinajstić information content (AvgIpc) is 3.08. The molecule has 2 saturated heterocycles. The van der Waals surface area contributed by atoms with Crippen molar-refractivity contribution in [2.24, 2.45) is 5.92 Å². The topological polar surface area (TPSA) is 53.1 Å². The molecule has 6 nitrogen and oxygen atoms in total. The molecule has 2 atom stereocenters. The summed E-state index contributed by atoms with van der Waals surface area (Å²) >= 11 is 0. The number of rotatable bonds is 4. The van der Waals surface area contributed by atoms with Gasteiger partial charge >= 0.3 is 0 Å². The van der Waals surface area contributed by atoms with E-state index in [1.165, 1.54) is 7.11 Å². The van der Waals surface area contributed by atoms with Gasteiger partial charge in [-0.2, -0.15) is 0 Å². The van der Waals surface area contributed by atoms with Crippen LogP contribution >= 0.6 is 0 Å². The number of ether oxygens (including phenoxy) is 1. The Hall–Kier alpha value is -1.92. The van der Waals surface area contributed by atoms with Crippen LogP contribution in [0, 0.1) is 5.92 Å². The van der Waals surface area contributed by atoms with E-state index in [2.05, 4.69) is 24.1 Å². The standard InChI is InChI=1S/C19H27N3O3/c1-20-8-10-21(11-9-20)19(24)17-13-22(18(23)14-25-2)12-16(17)15-6-4-3-5-7-15/h3-7,16-17H,8-14H2,1-2H3/t16-,17+/m1/s1. The van der Waals surface area contributed by atoms with Gasteiger partial charge in [0.25, 0.3) is 0 Å². The van der Waals surface area contributed by atoms with Crippen LogP contribution in [-0.2, 0) is 14.3 Å². The largest absolute Gasteiger partial charge is 0.375 e. The van der Waals surface area contributed by atoms with Crippen molar-refractivity contribution < 1.29 is 14.3 Å². The summed E-state index contributed by atoms with van der Waals surface area (Å²) < 4.78 is 4.99. The maximum absolute atomic E-state index is 13.2. The Morgan fingerprint density at radius 2 is 1.72 bits per heavy atom. The van der Waals surface area contributed by atoms with Crippen molar-refractivity contribution in [3.05, 3.63) is 35.9 Å². The lowest BCUT2D eigenvalue weighted by molar-refractivity contribution is -0.138. The van der Waals surface area contributed by atoms with Crippen molar-refractivity contribution in [2.45, 2.75) is 5.92 Å². The lowest BCUT2D eigenvalue weighted by Gasteiger charge is -2.35. The first-order valence-corrected chi connectivity index (χ1v) is 8.89. The molecule has 6 heteroatoms. The molecular weight excluding hydrogens is 318 g/mol. The molecule has 0 aromatic heterocycles. The minimum atomic E-state index is -0.174. The summed E-state index contributed by atoms with van der Waals surface area (Å²) in [6, 6.07) is 10.1. The molecule has 0 radical (unpaired) electrons. The molecule has 0 unspecified atom stereocenters. The van der Waals surface area contributed by atoms with Gasteiger partial charge in [0.2, 0.25) is 11.8 Å². The van der Waals surface area contributed by atoms with Crippen LogP contribution in [0.2, 0.25) is 0 Å². The van der Waals surface area contributed by atoms with Crippen LogP contribution in [0.3, 0.4) is 0 Å². The zero-order chi connectivity index (χ0) is 17.8. The van der Waals surface area contributed by atoms with Crippen LogP contribution in [0.15, 0.2) is 30.3 Å². The number of nitrogens with zero attached hydrogens (tertiary/aromatic N) is 3. The molecule has 0 aliphatic carbocycles. The van der Waals surface area contributed by atoms with Crippen LogP contribution in [0.1, 0.15) is 11.5 Å². The molecule has 2 heterocycles. The predicted molar refractivity (Wildman–Crippen MR) is 95.2 cm³/mol. The molecule has 1 aromatic rings. The average molecular weight is 345 g/mol.